The first-order valence-electron chi connectivity index (χ1n) is 6.80. The van der Waals surface area contributed by atoms with Crippen molar-refractivity contribution in [3.63, 3.8) is 0 Å². The molecule has 1 fully saturated rings. The van der Waals surface area contributed by atoms with E-state index < -0.39 is 12.0 Å². The van der Waals surface area contributed by atoms with Crippen molar-refractivity contribution < 1.29 is 9.90 Å². The second-order valence-electron chi connectivity index (χ2n) is 5.70. The zero-order valence-corrected chi connectivity index (χ0v) is 10.6. The first kappa shape index (κ1) is 11.1. The lowest BCUT2D eigenvalue weighted by Crippen LogP contribution is -2.59. The average molecular weight is 256 g/mol. The monoisotopic (exact) mass is 256 g/mol. The lowest BCUT2D eigenvalue weighted by molar-refractivity contribution is -0.141. The number of rotatable bonds is 1. The summed E-state index contributed by atoms with van der Waals surface area (Å²) in [4.78, 5) is 14.9. The fraction of sp³-hybridized carbons (Fsp3) is 0.400. The molecule has 4 rings (SSSR count). The number of aromatic amines is 1. The summed E-state index contributed by atoms with van der Waals surface area (Å²) in [7, 11) is 0. The van der Waals surface area contributed by atoms with Crippen LogP contribution in [-0.4, -0.2) is 22.1 Å². The van der Waals surface area contributed by atoms with Crippen molar-refractivity contribution in [3.05, 3.63) is 35.5 Å². The summed E-state index contributed by atoms with van der Waals surface area (Å²) in [6.45, 7) is 0. The number of aromatic nitrogens is 1. The molecule has 1 unspecified atom stereocenters. The zero-order valence-electron chi connectivity index (χ0n) is 10.6. The van der Waals surface area contributed by atoms with Gasteiger partial charge in [-0.1, -0.05) is 18.2 Å². The SMILES string of the molecule is O=C(O)C1Cc2c([nH]c3ccccc23)C2(CCC2)N1. The minimum absolute atomic E-state index is 0.129. The van der Waals surface area contributed by atoms with Crippen molar-refractivity contribution in [2.45, 2.75) is 37.3 Å². The van der Waals surface area contributed by atoms with Gasteiger partial charge in [0.05, 0.1) is 5.54 Å². The third kappa shape index (κ3) is 1.40. The molecular weight excluding hydrogens is 240 g/mol. The normalized spacial score (nSPS) is 24.1. The molecule has 0 bridgehead atoms. The summed E-state index contributed by atoms with van der Waals surface area (Å²) in [6, 6.07) is 7.71. The van der Waals surface area contributed by atoms with Gasteiger partial charge in [-0.05, 0) is 30.9 Å². The Labute approximate surface area is 110 Å². The maximum Gasteiger partial charge on any atom is 0.321 e. The molecule has 98 valence electrons. The zero-order chi connectivity index (χ0) is 13.0. The summed E-state index contributed by atoms with van der Waals surface area (Å²) in [5.74, 6) is -0.748. The molecule has 1 saturated carbocycles. The summed E-state index contributed by atoms with van der Waals surface area (Å²) >= 11 is 0. The fourth-order valence-corrected chi connectivity index (χ4v) is 3.56. The van der Waals surface area contributed by atoms with E-state index in [2.05, 4.69) is 22.4 Å². The van der Waals surface area contributed by atoms with Crippen LogP contribution in [0.25, 0.3) is 10.9 Å². The first-order valence-corrected chi connectivity index (χ1v) is 6.80. The molecule has 0 radical (unpaired) electrons. The van der Waals surface area contributed by atoms with Gasteiger partial charge in [0, 0.05) is 23.0 Å². The van der Waals surface area contributed by atoms with Gasteiger partial charge in [0.25, 0.3) is 0 Å². The van der Waals surface area contributed by atoms with E-state index >= 15 is 0 Å². The van der Waals surface area contributed by atoms with Crippen molar-refractivity contribution in [3.8, 4) is 0 Å². The summed E-state index contributed by atoms with van der Waals surface area (Å²) in [5, 5.41) is 13.9. The van der Waals surface area contributed by atoms with Crippen LogP contribution in [0.5, 0.6) is 0 Å². The highest BCUT2D eigenvalue weighted by atomic mass is 16.4. The van der Waals surface area contributed by atoms with Gasteiger partial charge in [-0.15, -0.1) is 0 Å². The summed E-state index contributed by atoms with van der Waals surface area (Å²) in [5.41, 5.74) is 3.40. The van der Waals surface area contributed by atoms with E-state index in [4.69, 9.17) is 0 Å². The number of H-pyrrole nitrogens is 1. The van der Waals surface area contributed by atoms with Gasteiger partial charge in [-0.3, -0.25) is 10.1 Å². The molecule has 1 spiro atoms. The van der Waals surface area contributed by atoms with Gasteiger partial charge >= 0.3 is 5.97 Å². The molecule has 2 aromatic rings. The molecular formula is C15H16N2O2. The van der Waals surface area contributed by atoms with Crippen LogP contribution in [0.15, 0.2) is 24.3 Å². The Bertz CT molecular complexity index is 670. The first-order chi connectivity index (χ1) is 9.20. The topological polar surface area (TPSA) is 65.1 Å². The Morgan fingerprint density at radius 1 is 1.32 bits per heavy atom. The van der Waals surface area contributed by atoms with Crippen LogP contribution in [0.4, 0.5) is 0 Å². The predicted molar refractivity (Wildman–Crippen MR) is 72.1 cm³/mol. The number of hydrogen-bond acceptors (Lipinski definition) is 2. The highest BCUT2D eigenvalue weighted by molar-refractivity contribution is 5.87. The van der Waals surface area contributed by atoms with Crippen LogP contribution in [0, 0.1) is 0 Å². The molecule has 1 aromatic carbocycles. The van der Waals surface area contributed by atoms with Crippen LogP contribution < -0.4 is 5.32 Å². The molecule has 2 heterocycles. The molecule has 1 atom stereocenters. The summed E-state index contributed by atoms with van der Waals surface area (Å²) < 4.78 is 0. The van der Waals surface area contributed by atoms with E-state index in [1.54, 1.807) is 0 Å². The number of fused-ring (bicyclic) bond motifs is 4. The molecule has 2 aliphatic rings. The molecule has 4 nitrogen and oxygen atoms in total. The van der Waals surface area contributed by atoms with Crippen molar-refractivity contribution >= 4 is 16.9 Å². The Morgan fingerprint density at radius 3 is 2.79 bits per heavy atom. The van der Waals surface area contributed by atoms with Gasteiger partial charge in [0.1, 0.15) is 6.04 Å². The lowest BCUT2D eigenvalue weighted by Gasteiger charge is -2.47. The largest absolute Gasteiger partial charge is 0.480 e. The van der Waals surface area contributed by atoms with E-state index in [1.165, 1.54) is 16.6 Å². The minimum Gasteiger partial charge on any atom is -0.480 e. The number of carboxylic acid groups (broad SMARTS) is 1. The van der Waals surface area contributed by atoms with Gasteiger partial charge in [-0.25, -0.2) is 0 Å². The maximum atomic E-state index is 11.4. The molecule has 4 heteroatoms. The summed E-state index contributed by atoms with van der Waals surface area (Å²) in [6.07, 6.45) is 3.78. The Balaban J connectivity index is 1.94. The molecule has 1 aliphatic carbocycles. The van der Waals surface area contributed by atoms with Crippen molar-refractivity contribution in [2.75, 3.05) is 0 Å². The molecule has 1 aliphatic heterocycles. The Morgan fingerprint density at radius 2 is 2.11 bits per heavy atom. The maximum absolute atomic E-state index is 11.4. The third-order valence-electron chi connectivity index (χ3n) is 4.66. The second kappa shape index (κ2) is 3.61. The molecule has 3 N–H and O–H groups in total. The molecule has 0 saturated heterocycles. The minimum atomic E-state index is -0.748. The van der Waals surface area contributed by atoms with Crippen LogP contribution in [0.2, 0.25) is 0 Å². The fourth-order valence-electron chi connectivity index (χ4n) is 3.56. The molecule has 19 heavy (non-hydrogen) atoms. The van der Waals surface area contributed by atoms with Gasteiger partial charge in [-0.2, -0.15) is 0 Å². The standard InChI is InChI=1S/C15H16N2O2/c18-14(19)12-8-10-9-4-1-2-5-11(9)16-13(10)15(17-12)6-3-7-15/h1-2,4-5,12,16-17H,3,6-8H2,(H,18,19). The van der Waals surface area contributed by atoms with E-state index in [0.29, 0.717) is 6.42 Å². The highest BCUT2D eigenvalue weighted by Gasteiger charge is 2.47. The van der Waals surface area contributed by atoms with Crippen LogP contribution in [0.1, 0.15) is 30.5 Å². The molecule has 0 amide bonds. The van der Waals surface area contributed by atoms with Crippen LogP contribution in [-0.2, 0) is 16.8 Å². The van der Waals surface area contributed by atoms with E-state index in [-0.39, 0.29) is 5.54 Å². The Hall–Kier alpha value is -1.81. The van der Waals surface area contributed by atoms with Gasteiger partial charge in [0.15, 0.2) is 0 Å². The highest BCUT2D eigenvalue weighted by Crippen LogP contribution is 2.46. The van der Waals surface area contributed by atoms with Crippen LogP contribution >= 0.6 is 0 Å². The van der Waals surface area contributed by atoms with Crippen molar-refractivity contribution in [1.82, 2.24) is 10.3 Å². The average Bonchev–Trinajstić information content (AvgIpc) is 2.74. The van der Waals surface area contributed by atoms with E-state index in [9.17, 15) is 9.90 Å². The van der Waals surface area contributed by atoms with Gasteiger partial charge in [0.2, 0.25) is 0 Å². The van der Waals surface area contributed by atoms with E-state index in [1.807, 2.05) is 12.1 Å². The van der Waals surface area contributed by atoms with Crippen LogP contribution in [0.3, 0.4) is 0 Å². The predicted octanol–water partition coefficient (Wildman–Crippen LogP) is 2.15. The third-order valence-corrected chi connectivity index (χ3v) is 4.66. The van der Waals surface area contributed by atoms with Crippen molar-refractivity contribution in [2.24, 2.45) is 0 Å². The quantitative estimate of drug-likeness (QED) is 0.732. The number of hydrogen-bond donors (Lipinski definition) is 3. The van der Waals surface area contributed by atoms with Crippen molar-refractivity contribution in [1.29, 1.82) is 0 Å². The second-order valence-corrected chi connectivity index (χ2v) is 5.70. The van der Waals surface area contributed by atoms with E-state index in [0.717, 1.165) is 24.8 Å². The number of carbonyl (C=O) groups is 1. The number of carboxylic acids is 1. The number of para-hydroxylation sites is 1. The smallest absolute Gasteiger partial charge is 0.321 e. The number of aliphatic carboxylic acids is 1. The lowest BCUT2D eigenvalue weighted by atomic mass is 9.70. The van der Waals surface area contributed by atoms with Gasteiger partial charge < -0.3 is 10.1 Å². The Kier molecular flexibility index (Phi) is 2.10. The molecule has 1 aromatic heterocycles. The number of nitrogens with one attached hydrogen (secondary N) is 2. The number of benzene rings is 1.